The van der Waals surface area contributed by atoms with Crippen LogP contribution < -0.4 is 9.50 Å². The molecule has 1 aliphatic rings. The van der Waals surface area contributed by atoms with Crippen LogP contribution in [-0.2, 0) is 24.4 Å². The number of amides is 2. The Morgan fingerprint density at radius 1 is 1.05 bits per heavy atom. The average Bonchev–Trinajstić information content (AvgIpc) is 2.80. The van der Waals surface area contributed by atoms with Gasteiger partial charge in [-0.2, -0.15) is 8.42 Å². The van der Waals surface area contributed by atoms with E-state index in [9.17, 15) is 22.8 Å². The summed E-state index contributed by atoms with van der Waals surface area (Å²) in [6.07, 6.45) is 0.0106. The summed E-state index contributed by atoms with van der Waals surface area (Å²) in [5.41, 5.74) is 0.620. The smallest absolute Gasteiger partial charge is 0.339 e. The molecule has 38 heavy (non-hydrogen) atoms. The Morgan fingerprint density at radius 2 is 1.68 bits per heavy atom. The first kappa shape index (κ1) is 28.7. The van der Waals surface area contributed by atoms with E-state index < -0.39 is 39.7 Å². The van der Waals surface area contributed by atoms with Gasteiger partial charge in [-0.15, -0.1) is 0 Å². The lowest BCUT2D eigenvalue weighted by Gasteiger charge is -2.36. The van der Waals surface area contributed by atoms with E-state index in [0.717, 1.165) is 5.56 Å². The minimum Gasteiger partial charge on any atom is -0.481 e. The topological polar surface area (TPSA) is 139 Å². The Labute approximate surface area is 222 Å². The van der Waals surface area contributed by atoms with E-state index in [0.29, 0.717) is 0 Å². The number of hydrogen-bond donors (Lipinski definition) is 2. The monoisotopic (exact) mass is 544 g/mol. The summed E-state index contributed by atoms with van der Waals surface area (Å²) in [6, 6.07) is 10.7. The minimum absolute atomic E-state index is 0.0470. The first-order valence-electron chi connectivity index (χ1n) is 12.0. The standard InChI is InChI=1S/C27H32N2O8S/c1-17-12-14-19(15-13-17)38(34,35)37-21-10-7-6-9-20(21)24-23(25(32)36-27(3,4)5)18(2)29(26(33)28-24)16-8-11-22(30)31/h6-7,9-10,12-15,24H,8,11,16H2,1-5H3,(H,28,33)(H,30,31). The molecule has 0 aliphatic carbocycles. The maximum absolute atomic E-state index is 13.4. The van der Waals surface area contributed by atoms with Crippen molar-refractivity contribution in [3.63, 3.8) is 0 Å². The highest BCUT2D eigenvalue weighted by molar-refractivity contribution is 7.87. The Kier molecular flexibility index (Phi) is 8.51. The van der Waals surface area contributed by atoms with E-state index in [1.807, 2.05) is 6.92 Å². The van der Waals surface area contributed by atoms with Gasteiger partial charge in [0.2, 0.25) is 0 Å². The van der Waals surface area contributed by atoms with Gasteiger partial charge in [0.15, 0.2) is 0 Å². The number of aliphatic carboxylic acids is 1. The number of para-hydroxylation sites is 1. The normalized spacial score (nSPS) is 16.2. The Hall–Kier alpha value is -3.86. The number of allylic oxidation sites excluding steroid dienone is 1. The van der Waals surface area contributed by atoms with E-state index in [2.05, 4.69) is 5.32 Å². The first-order chi connectivity index (χ1) is 17.7. The molecule has 1 aliphatic heterocycles. The summed E-state index contributed by atoms with van der Waals surface area (Å²) in [7, 11) is -4.23. The van der Waals surface area contributed by atoms with Gasteiger partial charge < -0.3 is 19.3 Å². The van der Waals surface area contributed by atoms with Crippen LogP contribution in [-0.4, -0.2) is 48.5 Å². The summed E-state index contributed by atoms with van der Waals surface area (Å²) in [5, 5.41) is 11.7. The molecular weight excluding hydrogens is 512 g/mol. The summed E-state index contributed by atoms with van der Waals surface area (Å²) >= 11 is 0. The summed E-state index contributed by atoms with van der Waals surface area (Å²) in [6.45, 7) is 8.56. The van der Waals surface area contributed by atoms with E-state index in [-0.39, 0.29) is 46.9 Å². The number of carboxylic acid groups (broad SMARTS) is 1. The molecular formula is C27H32N2O8S. The molecule has 0 saturated heterocycles. The SMILES string of the molecule is CC1=C(C(=O)OC(C)(C)C)C(c2ccccc2OS(=O)(=O)c2ccc(C)cc2)NC(=O)N1CCCC(=O)O. The molecule has 0 spiro atoms. The van der Waals surface area contributed by atoms with Gasteiger partial charge in [0.1, 0.15) is 16.2 Å². The zero-order valence-electron chi connectivity index (χ0n) is 22.0. The maximum Gasteiger partial charge on any atom is 0.339 e. The average molecular weight is 545 g/mol. The van der Waals surface area contributed by atoms with Crippen molar-refractivity contribution in [2.24, 2.45) is 0 Å². The first-order valence-corrected chi connectivity index (χ1v) is 13.4. The van der Waals surface area contributed by atoms with Crippen molar-refractivity contribution in [1.29, 1.82) is 0 Å². The van der Waals surface area contributed by atoms with Crippen LogP contribution >= 0.6 is 0 Å². The van der Waals surface area contributed by atoms with Gasteiger partial charge >= 0.3 is 28.1 Å². The van der Waals surface area contributed by atoms with Crippen LogP contribution in [0.2, 0.25) is 0 Å². The van der Waals surface area contributed by atoms with Crippen molar-refractivity contribution in [3.8, 4) is 5.75 Å². The molecule has 2 aromatic rings. The van der Waals surface area contributed by atoms with Gasteiger partial charge in [-0.1, -0.05) is 35.9 Å². The fraction of sp³-hybridized carbons (Fsp3) is 0.370. The Morgan fingerprint density at radius 3 is 2.29 bits per heavy atom. The van der Waals surface area contributed by atoms with Gasteiger partial charge in [0, 0.05) is 24.2 Å². The van der Waals surface area contributed by atoms with Crippen LogP contribution in [0.4, 0.5) is 4.79 Å². The number of ether oxygens (including phenoxy) is 1. The molecule has 3 rings (SSSR count). The van der Waals surface area contributed by atoms with Crippen LogP contribution in [0.25, 0.3) is 0 Å². The van der Waals surface area contributed by atoms with Crippen LogP contribution in [0.15, 0.2) is 64.7 Å². The molecule has 0 aromatic heterocycles. The molecule has 0 radical (unpaired) electrons. The lowest BCUT2D eigenvalue weighted by molar-refractivity contribution is -0.150. The number of urea groups is 1. The lowest BCUT2D eigenvalue weighted by Crippen LogP contribution is -2.49. The number of benzene rings is 2. The molecule has 1 unspecified atom stereocenters. The predicted molar refractivity (Wildman–Crippen MR) is 139 cm³/mol. The number of aryl methyl sites for hydroxylation is 1. The van der Waals surface area contributed by atoms with Crippen LogP contribution in [0.3, 0.4) is 0 Å². The largest absolute Gasteiger partial charge is 0.481 e. The van der Waals surface area contributed by atoms with Gasteiger partial charge in [0.05, 0.1) is 11.6 Å². The quantitative estimate of drug-likeness (QED) is 0.352. The number of rotatable bonds is 9. The number of carbonyl (C=O) groups excluding carboxylic acids is 2. The molecule has 2 amide bonds. The van der Waals surface area contributed by atoms with Gasteiger partial charge in [-0.25, -0.2) is 9.59 Å². The van der Waals surface area contributed by atoms with E-state index in [1.165, 1.54) is 23.1 Å². The summed E-state index contributed by atoms with van der Waals surface area (Å²) in [4.78, 5) is 38.7. The fourth-order valence-electron chi connectivity index (χ4n) is 3.94. The molecule has 11 heteroatoms. The molecule has 10 nitrogen and oxygen atoms in total. The van der Waals surface area contributed by atoms with Gasteiger partial charge in [-0.05, 0) is 59.2 Å². The van der Waals surface area contributed by atoms with Crippen molar-refractivity contribution >= 4 is 28.1 Å². The van der Waals surface area contributed by atoms with Crippen LogP contribution in [0.1, 0.15) is 57.7 Å². The predicted octanol–water partition coefficient (Wildman–Crippen LogP) is 4.31. The molecule has 0 bridgehead atoms. The minimum atomic E-state index is -4.23. The van der Waals surface area contributed by atoms with E-state index >= 15 is 0 Å². The number of carboxylic acids is 1. The summed E-state index contributed by atoms with van der Waals surface area (Å²) < 4.78 is 37.2. The third-order valence-electron chi connectivity index (χ3n) is 5.73. The van der Waals surface area contributed by atoms with E-state index in [4.69, 9.17) is 14.0 Å². The Balaban J connectivity index is 2.06. The molecule has 0 saturated carbocycles. The van der Waals surface area contributed by atoms with Crippen molar-refractivity contribution in [1.82, 2.24) is 10.2 Å². The molecule has 1 atom stereocenters. The van der Waals surface area contributed by atoms with Crippen molar-refractivity contribution in [3.05, 3.63) is 70.9 Å². The van der Waals surface area contributed by atoms with E-state index in [1.54, 1.807) is 58.0 Å². The number of esters is 1. The highest BCUT2D eigenvalue weighted by atomic mass is 32.2. The number of carbonyl (C=O) groups is 3. The highest BCUT2D eigenvalue weighted by Gasteiger charge is 2.39. The van der Waals surface area contributed by atoms with Crippen LogP contribution in [0, 0.1) is 6.92 Å². The third-order valence-corrected chi connectivity index (χ3v) is 6.98. The summed E-state index contributed by atoms with van der Waals surface area (Å²) in [5.74, 6) is -1.78. The second-order valence-corrected chi connectivity index (χ2v) is 11.5. The second kappa shape index (κ2) is 11.3. The third kappa shape index (κ3) is 6.91. The zero-order valence-corrected chi connectivity index (χ0v) is 22.8. The highest BCUT2D eigenvalue weighted by Crippen LogP contribution is 2.37. The molecule has 2 N–H and O–H groups in total. The fourth-order valence-corrected chi connectivity index (χ4v) is 4.89. The van der Waals surface area contributed by atoms with Crippen molar-refractivity contribution < 1.29 is 36.8 Å². The van der Waals surface area contributed by atoms with Crippen molar-refractivity contribution in [2.45, 2.75) is 64.0 Å². The molecule has 0 fully saturated rings. The lowest BCUT2D eigenvalue weighted by atomic mass is 9.94. The van der Waals surface area contributed by atoms with Gasteiger partial charge in [-0.3, -0.25) is 9.69 Å². The second-order valence-electron chi connectivity index (χ2n) is 9.92. The molecule has 2 aromatic carbocycles. The molecule has 204 valence electrons. The number of nitrogens with one attached hydrogen (secondary N) is 1. The Bertz CT molecular complexity index is 1360. The zero-order chi connectivity index (χ0) is 28.3. The number of nitrogens with zero attached hydrogens (tertiary/aromatic N) is 1. The van der Waals surface area contributed by atoms with Crippen molar-refractivity contribution in [2.75, 3.05) is 6.54 Å². The maximum atomic E-state index is 13.4. The van der Waals surface area contributed by atoms with Gasteiger partial charge in [0.25, 0.3) is 0 Å². The molecule has 1 heterocycles. The number of hydrogen-bond acceptors (Lipinski definition) is 7. The van der Waals surface area contributed by atoms with Crippen LogP contribution in [0.5, 0.6) is 5.75 Å².